The Labute approximate surface area is 152 Å². The summed E-state index contributed by atoms with van der Waals surface area (Å²) in [6.45, 7) is 4.40. The van der Waals surface area contributed by atoms with Crippen LogP contribution < -0.4 is 5.56 Å². The Hall–Kier alpha value is -1.84. The van der Waals surface area contributed by atoms with Crippen LogP contribution in [0.15, 0.2) is 52.3 Å². The molecule has 0 aliphatic rings. The van der Waals surface area contributed by atoms with Gasteiger partial charge in [-0.1, -0.05) is 73.0 Å². The molecule has 0 amide bonds. The van der Waals surface area contributed by atoms with Crippen molar-refractivity contribution in [3.63, 3.8) is 0 Å². The zero-order valence-corrected chi connectivity index (χ0v) is 15.3. The molecule has 5 heteroatoms. The number of aromatic nitrogens is 2. The van der Waals surface area contributed by atoms with Gasteiger partial charge in [-0.3, -0.25) is 4.79 Å². The Morgan fingerprint density at radius 2 is 2.00 bits per heavy atom. The van der Waals surface area contributed by atoms with Crippen molar-refractivity contribution in [1.29, 1.82) is 0 Å². The van der Waals surface area contributed by atoms with E-state index >= 15 is 0 Å². The largest absolute Gasteiger partial charge is 0.304 e. The predicted octanol–water partition coefficient (Wildman–Crippen LogP) is 5.19. The lowest BCUT2D eigenvalue weighted by atomic mass is 10.2. The summed E-state index contributed by atoms with van der Waals surface area (Å²) in [7, 11) is 0. The molecule has 0 spiro atoms. The molecule has 1 heterocycles. The van der Waals surface area contributed by atoms with Crippen molar-refractivity contribution < 1.29 is 0 Å². The SMILES string of the molecule is CCC/C=C(Cl)/C=C\c1nc(Cl)c(=O)n(Cc2ccccc2)c1C. The van der Waals surface area contributed by atoms with Crippen molar-refractivity contribution in [1.82, 2.24) is 9.55 Å². The maximum atomic E-state index is 12.3. The van der Waals surface area contributed by atoms with Crippen LogP contribution in [-0.4, -0.2) is 9.55 Å². The normalized spacial score (nSPS) is 12.1. The summed E-state index contributed by atoms with van der Waals surface area (Å²) < 4.78 is 1.63. The molecule has 0 radical (unpaired) electrons. The first kappa shape index (κ1) is 18.5. The molecule has 2 rings (SSSR count). The van der Waals surface area contributed by atoms with Gasteiger partial charge in [0.1, 0.15) is 0 Å². The molecule has 0 N–H and O–H groups in total. The Morgan fingerprint density at radius 1 is 1.29 bits per heavy atom. The fraction of sp³-hybridized carbons (Fsp3) is 0.263. The molecule has 0 saturated heterocycles. The van der Waals surface area contributed by atoms with E-state index < -0.39 is 0 Å². The Morgan fingerprint density at radius 3 is 2.67 bits per heavy atom. The average molecular weight is 363 g/mol. The van der Waals surface area contributed by atoms with Crippen molar-refractivity contribution in [2.45, 2.75) is 33.2 Å². The molecule has 0 aliphatic carbocycles. The third-order valence-electron chi connectivity index (χ3n) is 3.63. The molecule has 0 atom stereocenters. The van der Waals surface area contributed by atoms with Gasteiger partial charge in [-0.05, 0) is 31.1 Å². The highest BCUT2D eigenvalue weighted by Gasteiger charge is 2.11. The van der Waals surface area contributed by atoms with E-state index in [0.717, 1.165) is 24.1 Å². The lowest BCUT2D eigenvalue weighted by Gasteiger charge is -2.12. The Kier molecular flexibility index (Phi) is 6.83. The lowest BCUT2D eigenvalue weighted by Crippen LogP contribution is -2.25. The predicted molar refractivity (Wildman–Crippen MR) is 102 cm³/mol. The molecule has 24 heavy (non-hydrogen) atoms. The minimum absolute atomic E-state index is 0.0372. The first-order valence-corrected chi connectivity index (χ1v) is 8.63. The van der Waals surface area contributed by atoms with E-state index in [2.05, 4.69) is 11.9 Å². The summed E-state index contributed by atoms with van der Waals surface area (Å²) in [4.78, 5) is 16.5. The molecular weight excluding hydrogens is 343 g/mol. The zero-order valence-electron chi connectivity index (χ0n) is 13.8. The monoisotopic (exact) mass is 362 g/mol. The lowest BCUT2D eigenvalue weighted by molar-refractivity contribution is 0.715. The van der Waals surface area contributed by atoms with Crippen LogP contribution >= 0.6 is 23.2 Å². The first-order valence-electron chi connectivity index (χ1n) is 7.87. The van der Waals surface area contributed by atoms with Crippen LogP contribution in [0.25, 0.3) is 6.08 Å². The van der Waals surface area contributed by atoms with E-state index in [4.69, 9.17) is 23.2 Å². The molecule has 0 aliphatic heterocycles. The van der Waals surface area contributed by atoms with Crippen LogP contribution in [0.4, 0.5) is 0 Å². The van der Waals surface area contributed by atoms with Gasteiger partial charge in [0.2, 0.25) is 0 Å². The van der Waals surface area contributed by atoms with E-state index in [1.807, 2.05) is 43.3 Å². The summed E-state index contributed by atoms with van der Waals surface area (Å²) in [6, 6.07) is 9.77. The maximum absolute atomic E-state index is 12.3. The van der Waals surface area contributed by atoms with E-state index in [1.54, 1.807) is 16.7 Å². The molecule has 0 unspecified atom stereocenters. The quantitative estimate of drug-likeness (QED) is 0.662. The van der Waals surface area contributed by atoms with Crippen molar-refractivity contribution >= 4 is 29.3 Å². The minimum atomic E-state index is -0.289. The molecule has 126 valence electrons. The van der Waals surface area contributed by atoms with Crippen LogP contribution in [0.1, 0.15) is 36.7 Å². The van der Waals surface area contributed by atoms with Crippen molar-refractivity contribution in [3.05, 3.63) is 80.0 Å². The summed E-state index contributed by atoms with van der Waals surface area (Å²) in [5.41, 5.74) is 2.13. The number of unbranched alkanes of at least 4 members (excludes halogenated alkanes) is 1. The van der Waals surface area contributed by atoms with Gasteiger partial charge in [0.25, 0.3) is 5.56 Å². The summed E-state index contributed by atoms with van der Waals surface area (Å²) >= 11 is 12.2. The van der Waals surface area contributed by atoms with E-state index in [-0.39, 0.29) is 10.7 Å². The zero-order chi connectivity index (χ0) is 17.5. The van der Waals surface area contributed by atoms with Gasteiger partial charge in [0.15, 0.2) is 5.15 Å². The van der Waals surface area contributed by atoms with Gasteiger partial charge in [-0.25, -0.2) is 4.98 Å². The second-order valence-corrected chi connectivity index (χ2v) is 6.26. The Balaban J connectivity index is 2.37. The van der Waals surface area contributed by atoms with Gasteiger partial charge in [-0.15, -0.1) is 0 Å². The second kappa shape index (κ2) is 8.86. The van der Waals surface area contributed by atoms with Crippen LogP contribution in [0, 0.1) is 6.92 Å². The van der Waals surface area contributed by atoms with Gasteiger partial charge >= 0.3 is 0 Å². The fourth-order valence-electron chi connectivity index (χ4n) is 2.26. The molecule has 0 saturated carbocycles. The molecule has 1 aromatic carbocycles. The van der Waals surface area contributed by atoms with Gasteiger partial charge in [0, 0.05) is 10.7 Å². The summed E-state index contributed by atoms with van der Waals surface area (Å²) in [5.74, 6) is 0. The number of hydrogen-bond acceptors (Lipinski definition) is 2. The van der Waals surface area contributed by atoms with Crippen LogP contribution in [-0.2, 0) is 6.54 Å². The third kappa shape index (κ3) is 4.83. The molecule has 3 nitrogen and oxygen atoms in total. The second-order valence-electron chi connectivity index (χ2n) is 5.46. The minimum Gasteiger partial charge on any atom is -0.304 e. The van der Waals surface area contributed by atoms with Crippen LogP contribution in [0.5, 0.6) is 0 Å². The van der Waals surface area contributed by atoms with E-state index in [0.29, 0.717) is 17.3 Å². The van der Waals surface area contributed by atoms with Crippen molar-refractivity contribution in [2.24, 2.45) is 0 Å². The maximum Gasteiger partial charge on any atom is 0.288 e. The number of nitrogens with zero attached hydrogens (tertiary/aromatic N) is 2. The Bertz CT molecular complexity index is 808. The number of allylic oxidation sites excluding steroid dienone is 3. The molecular formula is C19H20Cl2N2O. The highest BCUT2D eigenvalue weighted by Crippen LogP contribution is 2.14. The fourth-order valence-corrected chi connectivity index (χ4v) is 2.62. The van der Waals surface area contributed by atoms with Crippen molar-refractivity contribution in [3.8, 4) is 0 Å². The van der Waals surface area contributed by atoms with Gasteiger partial charge < -0.3 is 4.57 Å². The molecule has 1 aromatic heterocycles. The summed E-state index contributed by atoms with van der Waals surface area (Å²) in [5, 5.41) is 0.611. The van der Waals surface area contributed by atoms with Gasteiger partial charge in [0.05, 0.1) is 12.2 Å². The average Bonchev–Trinajstić information content (AvgIpc) is 2.59. The third-order valence-corrected chi connectivity index (χ3v) is 4.15. The molecule has 0 bridgehead atoms. The van der Waals surface area contributed by atoms with E-state index in [9.17, 15) is 4.79 Å². The topological polar surface area (TPSA) is 34.9 Å². The highest BCUT2D eigenvalue weighted by molar-refractivity contribution is 6.31. The van der Waals surface area contributed by atoms with Crippen LogP contribution in [0.2, 0.25) is 5.15 Å². The first-order chi connectivity index (χ1) is 11.5. The van der Waals surface area contributed by atoms with E-state index in [1.165, 1.54) is 0 Å². The van der Waals surface area contributed by atoms with Gasteiger partial charge in [-0.2, -0.15) is 0 Å². The molecule has 2 aromatic rings. The number of rotatable bonds is 6. The standard InChI is InChI=1S/C19H20Cl2N2O/c1-3-4-10-16(20)11-12-17-14(2)23(19(24)18(21)22-17)13-15-8-6-5-7-9-15/h5-12H,3-4,13H2,1-2H3/b12-11-,16-10-. The summed E-state index contributed by atoms with van der Waals surface area (Å²) in [6.07, 6.45) is 7.48. The smallest absolute Gasteiger partial charge is 0.288 e. The number of halogens is 2. The number of hydrogen-bond donors (Lipinski definition) is 0. The number of benzene rings is 1. The van der Waals surface area contributed by atoms with Crippen molar-refractivity contribution in [2.75, 3.05) is 0 Å². The highest BCUT2D eigenvalue weighted by atomic mass is 35.5. The van der Waals surface area contributed by atoms with Crippen LogP contribution in [0.3, 0.4) is 0 Å². The molecule has 0 fully saturated rings.